The number of nitrogens with one attached hydrogen (secondary N) is 1. The minimum Gasteiger partial charge on any atom is -0.454 e. The summed E-state index contributed by atoms with van der Waals surface area (Å²) in [6, 6.07) is 15.5. The molecule has 1 heterocycles. The van der Waals surface area contributed by atoms with Gasteiger partial charge in [0, 0.05) is 17.8 Å². The van der Waals surface area contributed by atoms with Gasteiger partial charge in [0.25, 0.3) is 0 Å². The number of fused-ring (bicyclic) bond motifs is 1. The predicted octanol–water partition coefficient (Wildman–Crippen LogP) is 4.08. The minimum atomic E-state index is 0.331. The van der Waals surface area contributed by atoms with Gasteiger partial charge in [0.1, 0.15) is 0 Å². The summed E-state index contributed by atoms with van der Waals surface area (Å²) >= 11 is 0. The van der Waals surface area contributed by atoms with Gasteiger partial charge in [-0.15, -0.1) is 0 Å². The van der Waals surface area contributed by atoms with Crippen LogP contribution < -0.4 is 14.8 Å². The standard InChI is InChI=1S/C18H19NO2/c1-12-3-2-4-13(7-12)14-8-16(9-14)19-15-5-6-17-18(10-15)21-11-20-17/h2-7,10,14,16,19H,8-9,11H2,1H3. The second-order valence-corrected chi connectivity index (χ2v) is 5.99. The molecule has 1 fully saturated rings. The Morgan fingerprint density at radius 1 is 1.00 bits per heavy atom. The van der Waals surface area contributed by atoms with E-state index in [9.17, 15) is 0 Å². The highest BCUT2D eigenvalue weighted by molar-refractivity contribution is 5.56. The van der Waals surface area contributed by atoms with Crippen molar-refractivity contribution < 1.29 is 9.47 Å². The molecule has 0 radical (unpaired) electrons. The second-order valence-electron chi connectivity index (χ2n) is 5.99. The molecular weight excluding hydrogens is 262 g/mol. The van der Waals surface area contributed by atoms with E-state index >= 15 is 0 Å². The van der Waals surface area contributed by atoms with Gasteiger partial charge in [-0.05, 0) is 43.4 Å². The van der Waals surface area contributed by atoms with Gasteiger partial charge < -0.3 is 14.8 Å². The first-order valence-corrected chi connectivity index (χ1v) is 7.51. The average molecular weight is 281 g/mol. The van der Waals surface area contributed by atoms with E-state index in [0.717, 1.165) is 17.2 Å². The molecular formula is C18H19NO2. The van der Waals surface area contributed by atoms with Crippen molar-refractivity contribution in [1.82, 2.24) is 0 Å². The summed E-state index contributed by atoms with van der Waals surface area (Å²) in [5, 5.41) is 3.59. The van der Waals surface area contributed by atoms with Crippen LogP contribution in [0.15, 0.2) is 42.5 Å². The Balaban J connectivity index is 1.38. The lowest BCUT2D eigenvalue weighted by atomic mass is 9.75. The summed E-state index contributed by atoms with van der Waals surface area (Å²) in [7, 11) is 0. The smallest absolute Gasteiger partial charge is 0.231 e. The van der Waals surface area contributed by atoms with Crippen molar-refractivity contribution in [2.24, 2.45) is 0 Å². The van der Waals surface area contributed by atoms with Gasteiger partial charge in [-0.2, -0.15) is 0 Å². The molecule has 4 rings (SSSR count). The number of aryl methyl sites for hydroxylation is 1. The first-order chi connectivity index (χ1) is 10.3. The van der Waals surface area contributed by atoms with Crippen LogP contribution in [0.3, 0.4) is 0 Å². The Morgan fingerprint density at radius 3 is 2.71 bits per heavy atom. The van der Waals surface area contributed by atoms with Gasteiger partial charge in [-0.25, -0.2) is 0 Å². The van der Waals surface area contributed by atoms with Crippen LogP contribution in [0.5, 0.6) is 11.5 Å². The van der Waals surface area contributed by atoms with E-state index in [-0.39, 0.29) is 0 Å². The van der Waals surface area contributed by atoms with Gasteiger partial charge in [0.05, 0.1) is 0 Å². The van der Waals surface area contributed by atoms with Gasteiger partial charge >= 0.3 is 0 Å². The third kappa shape index (κ3) is 2.44. The summed E-state index contributed by atoms with van der Waals surface area (Å²) in [5.74, 6) is 2.37. The number of hydrogen-bond acceptors (Lipinski definition) is 3. The monoisotopic (exact) mass is 281 g/mol. The largest absolute Gasteiger partial charge is 0.454 e. The Kier molecular flexibility index (Phi) is 2.99. The van der Waals surface area contributed by atoms with Crippen LogP contribution in [-0.2, 0) is 0 Å². The van der Waals surface area contributed by atoms with E-state index in [1.54, 1.807) is 0 Å². The molecule has 2 aromatic rings. The SMILES string of the molecule is Cc1cccc(C2CC(Nc3ccc4c(c3)OCO4)C2)c1. The molecule has 0 unspecified atom stereocenters. The number of rotatable bonds is 3. The van der Waals surface area contributed by atoms with Crippen molar-refractivity contribution in [2.45, 2.75) is 31.7 Å². The molecule has 0 aromatic heterocycles. The fraction of sp³-hybridized carbons (Fsp3) is 0.333. The number of anilines is 1. The van der Waals surface area contributed by atoms with Gasteiger partial charge in [-0.3, -0.25) is 0 Å². The first-order valence-electron chi connectivity index (χ1n) is 7.51. The molecule has 0 amide bonds. The van der Waals surface area contributed by atoms with E-state index in [0.29, 0.717) is 18.8 Å². The quantitative estimate of drug-likeness (QED) is 0.919. The normalized spacial score (nSPS) is 22.7. The molecule has 0 atom stereocenters. The van der Waals surface area contributed by atoms with Gasteiger partial charge in [-0.1, -0.05) is 29.8 Å². The zero-order valence-electron chi connectivity index (χ0n) is 12.1. The molecule has 1 aliphatic heterocycles. The number of ether oxygens (including phenoxy) is 2. The molecule has 0 bridgehead atoms. The Morgan fingerprint density at radius 2 is 1.86 bits per heavy atom. The van der Waals surface area contributed by atoms with Crippen LogP contribution in [0.1, 0.15) is 29.9 Å². The molecule has 2 aliphatic rings. The summed E-state index contributed by atoms with van der Waals surface area (Å²) < 4.78 is 10.7. The maximum Gasteiger partial charge on any atom is 0.231 e. The van der Waals surface area contributed by atoms with Crippen molar-refractivity contribution in [3.63, 3.8) is 0 Å². The molecule has 3 nitrogen and oxygen atoms in total. The van der Waals surface area contributed by atoms with Gasteiger partial charge in [0.2, 0.25) is 6.79 Å². The van der Waals surface area contributed by atoms with Crippen LogP contribution >= 0.6 is 0 Å². The van der Waals surface area contributed by atoms with Crippen molar-refractivity contribution in [2.75, 3.05) is 12.1 Å². The third-order valence-corrected chi connectivity index (χ3v) is 4.39. The highest BCUT2D eigenvalue weighted by Gasteiger charge is 2.30. The van der Waals surface area contributed by atoms with E-state index in [1.165, 1.54) is 24.0 Å². The van der Waals surface area contributed by atoms with Crippen molar-refractivity contribution in [3.05, 3.63) is 53.6 Å². The average Bonchev–Trinajstić information content (AvgIpc) is 2.89. The lowest BCUT2D eigenvalue weighted by Gasteiger charge is -2.37. The van der Waals surface area contributed by atoms with Crippen LogP contribution in [0.2, 0.25) is 0 Å². The molecule has 1 saturated carbocycles. The molecule has 1 aliphatic carbocycles. The Labute approximate surface area is 124 Å². The van der Waals surface area contributed by atoms with Crippen LogP contribution in [0, 0.1) is 6.92 Å². The molecule has 108 valence electrons. The van der Waals surface area contributed by atoms with Gasteiger partial charge in [0.15, 0.2) is 11.5 Å². The van der Waals surface area contributed by atoms with Crippen LogP contribution in [-0.4, -0.2) is 12.8 Å². The lowest BCUT2D eigenvalue weighted by Crippen LogP contribution is -2.33. The zero-order valence-corrected chi connectivity index (χ0v) is 12.1. The zero-order chi connectivity index (χ0) is 14.2. The van der Waals surface area contributed by atoms with Crippen LogP contribution in [0.25, 0.3) is 0 Å². The summed E-state index contributed by atoms with van der Waals surface area (Å²) in [4.78, 5) is 0. The highest BCUT2D eigenvalue weighted by atomic mass is 16.7. The molecule has 0 spiro atoms. The fourth-order valence-electron chi connectivity index (χ4n) is 3.15. The second kappa shape index (κ2) is 4.99. The molecule has 0 saturated heterocycles. The topological polar surface area (TPSA) is 30.5 Å². The van der Waals surface area contributed by atoms with Crippen LogP contribution in [0.4, 0.5) is 5.69 Å². The number of hydrogen-bond donors (Lipinski definition) is 1. The molecule has 21 heavy (non-hydrogen) atoms. The summed E-state index contributed by atoms with van der Waals surface area (Å²) in [6.45, 7) is 2.49. The van der Waals surface area contributed by atoms with Crippen molar-refractivity contribution >= 4 is 5.69 Å². The molecule has 3 heteroatoms. The van der Waals surface area contributed by atoms with Crippen molar-refractivity contribution in [1.29, 1.82) is 0 Å². The minimum absolute atomic E-state index is 0.331. The third-order valence-electron chi connectivity index (χ3n) is 4.39. The highest BCUT2D eigenvalue weighted by Crippen LogP contribution is 2.40. The summed E-state index contributed by atoms with van der Waals surface area (Å²) in [6.07, 6.45) is 2.38. The predicted molar refractivity (Wildman–Crippen MR) is 83.1 cm³/mol. The Bertz CT molecular complexity index is 662. The maximum atomic E-state index is 5.41. The summed E-state index contributed by atoms with van der Waals surface area (Å²) in [5.41, 5.74) is 3.94. The molecule has 1 N–H and O–H groups in total. The van der Waals surface area contributed by atoms with E-state index in [1.807, 2.05) is 12.1 Å². The number of benzene rings is 2. The fourth-order valence-corrected chi connectivity index (χ4v) is 3.15. The maximum absolute atomic E-state index is 5.41. The first kappa shape index (κ1) is 12.6. The Hall–Kier alpha value is -2.16. The van der Waals surface area contributed by atoms with Crippen molar-refractivity contribution in [3.8, 4) is 11.5 Å². The van der Waals surface area contributed by atoms with E-state index < -0.39 is 0 Å². The molecule has 2 aromatic carbocycles. The lowest BCUT2D eigenvalue weighted by molar-refractivity contribution is 0.174. The van der Waals surface area contributed by atoms with E-state index in [2.05, 4.69) is 42.6 Å². The van der Waals surface area contributed by atoms with E-state index in [4.69, 9.17) is 9.47 Å².